The van der Waals surface area contributed by atoms with E-state index in [2.05, 4.69) is 26.6 Å². The summed E-state index contributed by atoms with van der Waals surface area (Å²) in [6.07, 6.45) is 9.68. The first-order valence-electron chi connectivity index (χ1n) is 16.7. The maximum absolute atomic E-state index is 13.9. The number of carbonyl (C=O) groups excluding carboxylic acids is 6. The molecule has 2 saturated carbocycles. The molecule has 2 fully saturated rings. The van der Waals surface area contributed by atoms with Crippen molar-refractivity contribution >= 4 is 41.1 Å². The Labute approximate surface area is 278 Å². The number of amides is 6. The second kappa shape index (κ2) is 17.4. The van der Waals surface area contributed by atoms with E-state index in [4.69, 9.17) is 5.73 Å². The lowest BCUT2D eigenvalue weighted by molar-refractivity contribution is -0.384. The molecule has 1 aromatic rings. The molecule has 2 aliphatic carbocycles. The number of hydrogen-bond donors (Lipinski definition) is 6. The second-order valence-corrected chi connectivity index (χ2v) is 13.0. The summed E-state index contributed by atoms with van der Waals surface area (Å²) < 4.78 is 0. The van der Waals surface area contributed by atoms with Crippen LogP contribution in [0.25, 0.3) is 0 Å². The van der Waals surface area contributed by atoms with Crippen LogP contribution < -0.4 is 32.3 Å². The van der Waals surface area contributed by atoms with E-state index in [1.165, 1.54) is 24.3 Å². The van der Waals surface area contributed by atoms with Crippen molar-refractivity contribution in [3.63, 3.8) is 0 Å². The van der Waals surface area contributed by atoms with Crippen LogP contribution in [0.1, 0.15) is 76.2 Å². The number of nitro groups is 1. The van der Waals surface area contributed by atoms with E-state index in [1.54, 1.807) is 0 Å². The molecule has 0 aromatic heterocycles. The van der Waals surface area contributed by atoms with Crippen LogP contribution in [-0.2, 0) is 35.2 Å². The number of nitrogens with zero attached hydrogens (tertiary/aromatic N) is 1. The smallest absolute Gasteiger partial charge is 0.269 e. The number of nitrogens with one attached hydrogen (secondary N) is 5. The summed E-state index contributed by atoms with van der Waals surface area (Å²) in [5, 5.41) is 24.7. The molecule has 6 amide bonds. The molecule has 0 radical (unpaired) electrons. The maximum Gasteiger partial charge on any atom is 0.269 e. The molecule has 0 unspecified atom stereocenters. The summed E-state index contributed by atoms with van der Waals surface area (Å²) in [5.41, 5.74) is 5.90. The number of non-ortho nitro benzene ring substituents is 1. The van der Waals surface area contributed by atoms with Crippen molar-refractivity contribution in [2.45, 2.75) is 101 Å². The Morgan fingerprint density at radius 1 is 0.708 bits per heavy atom. The molecule has 1 aliphatic heterocycles. The van der Waals surface area contributed by atoms with Crippen LogP contribution in [0.3, 0.4) is 0 Å². The second-order valence-electron chi connectivity index (χ2n) is 13.0. The average molecular weight is 668 g/mol. The van der Waals surface area contributed by atoms with Crippen LogP contribution >= 0.6 is 0 Å². The van der Waals surface area contributed by atoms with Gasteiger partial charge in [-0.15, -0.1) is 0 Å². The minimum absolute atomic E-state index is 0.00562. The molecule has 7 N–H and O–H groups in total. The molecule has 4 atom stereocenters. The van der Waals surface area contributed by atoms with Gasteiger partial charge in [-0.1, -0.05) is 57.1 Å². The van der Waals surface area contributed by atoms with Crippen LogP contribution in [0.2, 0.25) is 0 Å². The lowest BCUT2D eigenvalue weighted by Crippen LogP contribution is -2.57. The summed E-state index contributed by atoms with van der Waals surface area (Å²) in [4.78, 5) is 89.0. The van der Waals surface area contributed by atoms with E-state index in [1.807, 2.05) is 0 Å². The van der Waals surface area contributed by atoms with Gasteiger partial charge in [-0.25, -0.2) is 0 Å². The van der Waals surface area contributed by atoms with Gasteiger partial charge in [0, 0.05) is 37.3 Å². The molecule has 15 heteroatoms. The molecule has 15 nitrogen and oxygen atoms in total. The van der Waals surface area contributed by atoms with Crippen molar-refractivity contribution in [3.05, 3.63) is 52.1 Å². The van der Waals surface area contributed by atoms with E-state index in [-0.39, 0.29) is 43.3 Å². The topological polar surface area (TPSA) is 232 Å². The summed E-state index contributed by atoms with van der Waals surface area (Å²) in [7, 11) is 0. The highest BCUT2D eigenvalue weighted by atomic mass is 16.6. The van der Waals surface area contributed by atoms with E-state index < -0.39 is 64.5 Å². The first kappa shape index (κ1) is 36.0. The highest BCUT2D eigenvalue weighted by Gasteiger charge is 2.34. The molecule has 4 rings (SSSR count). The molecular weight excluding hydrogens is 622 g/mol. The Hall–Kier alpha value is -4.82. The third kappa shape index (κ3) is 11.5. The fraction of sp³-hybridized carbons (Fsp3) is 0.576. The highest BCUT2D eigenvalue weighted by Crippen LogP contribution is 2.34. The lowest BCUT2D eigenvalue weighted by Gasteiger charge is -2.29. The van der Waals surface area contributed by atoms with Gasteiger partial charge < -0.3 is 32.3 Å². The standard InChI is InChI=1S/C33H45N7O8/c34-30(43)24-7-4-16-35-31(44)25(18-22-10-12-23(13-11-22)40(47)48)38-33(46)27(17-20-5-2-1-3-6-20)39-32(45)26(19-21-8-9-21)37-29(42)15-14-28(41)36-24/h10-15,20-21,24-27H,1-9,16-19H2,(H2,34,43)(H,35,44)(H,36,41)(H,37,42)(H,38,46)(H,39,45)/b15-14+/t24-,25-,26-,27-/m0/s1. The zero-order valence-electron chi connectivity index (χ0n) is 26.9. The number of hydrogen-bond acceptors (Lipinski definition) is 8. The van der Waals surface area contributed by atoms with Gasteiger partial charge in [-0.05, 0) is 43.1 Å². The predicted octanol–water partition coefficient (Wildman–Crippen LogP) is 0.799. The van der Waals surface area contributed by atoms with E-state index in [0.29, 0.717) is 18.4 Å². The van der Waals surface area contributed by atoms with Crippen LogP contribution in [0.4, 0.5) is 5.69 Å². The molecule has 1 aromatic carbocycles. The number of nitro benzene ring substituents is 1. The van der Waals surface area contributed by atoms with Crippen molar-refractivity contribution in [1.29, 1.82) is 0 Å². The average Bonchev–Trinajstić information content (AvgIpc) is 3.88. The Bertz CT molecular complexity index is 1390. The van der Waals surface area contributed by atoms with Crippen LogP contribution in [0.15, 0.2) is 36.4 Å². The number of nitrogens with two attached hydrogens (primary N) is 1. The predicted molar refractivity (Wildman–Crippen MR) is 174 cm³/mol. The number of primary amides is 1. The Morgan fingerprint density at radius 2 is 1.27 bits per heavy atom. The van der Waals surface area contributed by atoms with Gasteiger partial charge in [0.25, 0.3) is 5.69 Å². The third-order valence-electron chi connectivity index (χ3n) is 9.06. The Morgan fingerprint density at radius 3 is 1.85 bits per heavy atom. The largest absolute Gasteiger partial charge is 0.368 e. The molecule has 260 valence electrons. The zero-order valence-corrected chi connectivity index (χ0v) is 26.9. The van der Waals surface area contributed by atoms with Gasteiger partial charge in [0.15, 0.2) is 0 Å². The molecule has 48 heavy (non-hydrogen) atoms. The normalized spacial score (nSPS) is 26.3. The first-order valence-corrected chi connectivity index (χ1v) is 16.7. The first-order chi connectivity index (χ1) is 23.0. The summed E-state index contributed by atoms with van der Waals surface area (Å²) in [6.45, 7) is 0.0778. The molecule has 1 heterocycles. The molecule has 0 bridgehead atoms. The van der Waals surface area contributed by atoms with Crippen molar-refractivity contribution in [3.8, 4) is 0 Å². The van der Waals surface area contributed by atoms with Crippen molar-refractivity contribution < 1.29 is 33.7 Å². The van der Waals surface area contributed by atoms with Crippen LogP contribution in [-0.4, -0.2) is 71.1 Å². The number of rotatable bonds is 8. The van der Waals surface area contributed by atoms with Crippen molar-refractivity contribution in [2.24, 2.45) is 17.6 Å². The van der Waals surface area contributed by atoms with E-state index in [9.17, 15) is 38.9 Å². The van der Waals surface area contributed by atoms with Gasteiger partial charge >= 0.3 is 0 Å². The Kier molecular flexibility index (Phi) is 13.0. The minimum atomic E-state index is -1.11. The van der Waals surface area contributed by atoms with Crippen molar-refractivity contribution in [1.82, 2.24) is 26.6 Å². The van der Waals surface area contributed by atoms with E-state index in [0.717, 1.165) is 57.1 Å². The molecule has 0 saturated heterocycles. The summed E-state index contributed by atoms with van der Waals surface area (Å²) in [5.74, 6) is -3.46. The SMILES string of the molecule is NC(=O)[C@@H]1CCCNC(=O)[C@H](Cc2ccc([N+](=O)[O-])cc2)NC(=O)[C@H](CC2CCCCC2)NC(=O)[C@H](CC2CC2)NC(=O)/C=C/C(=O)N1. The van der Waals surface area contributed by atoms with Gasteiger partial charge in [-0.2, -0.15) is 0 Å². The summed E-state index contributed by atoms with van der Waals surface area (Å²) >= 11 is 0. The number of benzene rings is 1. The van der Waals surface area contributed by atoms with Crippen molar-refractivity contribution in [2.75, 3.05) is 6.54 Å². The van der Waals surface area contributed by atoms with Gasteiger partial charge in [0.1, 0.15) is 24.2 Å². The highest BCUT2D eigenvalue weighted by molar-refractivity contribution is 6.00. The molecule has 3 aliphatic rings. The van der Waals surface area contributed by atoms with Gasteiger partial charge in [0.05, 0.1) is 4.92 Å². The molecule has 0 spiro atoms. The minimum Gasteiger partial charge on any atom is -0.368 e. The summed E-state index contributed by atoms with van der Waals surface area (Å²) in [6, 6.07) is 1.49. The quantitative estimate of drug-likeness (QED) is 0.171. The van der Waals surface area contributed by atoms with Crippen LogP contribution in [0.5, 0.6) is 0 Å². The van der Waals surface area contributed by atoms with Crippen LogP contribution in [0, 0.1) is 22.0 Å². The third-order valence-corrected chi connectivity index (χ3v) is 9.06. The van der Waals surface area contributed by atoms with Gasteiger partial charge in [-0.3, -0.25) is 38.9 Å². The maximum atomic E-state index is 13.9. The lowest BCUT2D eigenvalue weighted by atomic mass is 9.84. The number of carbonyl (C=O) groups is 6. The fourth-order valence-corrected chi connectivity index (χ4v) is 6.17. The Balaban J connectivity index is 1.61. The van der Waals surface area contributed by atoms with E-state index >= 15 is 0 Å². The molecular formula is C33H45N7O8. The van der Waals surface area contributed by atoms with Gasteiger partial charge in [0.2, 0.25) is 35.4 Å². The monoisotopic (exact) mass is 667 g/mol. The fourth-order valence-electron chi connectivity index (χ4n) is 6.17. The zero-order chi connectivity index (χ0) is 34.6.